The average Bonchev–Trinajstić information content (AvgIpc) is 2.51. The van der Waals surface area contributed by atoms with E-state index in [0.717, 1.165) is 0 Å². The molecule has 0 unspecified atom stereocenters. The maximum absolute atomic E-state index is 11.0. The molecule has 6 nitrogen and oxygen atoms in total. The van der Waals surface area contributed by atoms with Gasteiger partial charge in [0.2, 0.25) is 5.91 Å². The number of amides is 1. The quantitative estimate of drug-likeness (QED) is 0.669. The average molecular weight is 198 g/mol. The summed E-state index contributed by atoms with van der Waals surface area (Å²) in [7, 11) is 1.55. The van der Waals surface area contributed by atoms with Crippen LogP contribution < -0.4 is 5.32 Å². The predicted molar refractivity (Wildman–Crippen MR) is 49.3 cm³/mol. The van der Waals surface area contributed by atoms with Gasteiger partial charge in [-0.2, -0.15) is 0 Å². The van der Waals surface area contributed by atoms with Crippen LogP contribution in [-0.2, 0) is 16.9 Å². The summed E-state index contributed by atoms with van der Waals surface area (Å²) in [5.74, 6) is -0.155. The van der Waals surface area contributed by atoms with Crippen LogP contribution in [0.3, 0.4) is 0 Å². The lowest BCUT2D eigenvalue weighted by molar-refractivity contribution is -0.121. The number of rotatable bonds is 3. The van der Waals surface area contributed by atoms with E-state index in [4.69, 9.17) is 0 Å². The largest absolute Gasteiger partial charge is 0.384 e. The van der Waals surface area contributed by atoms with E-state index in [1.54, 1.807) is 27.1 Å². The highest BCUT2D eigenvalue weighted by Crippen LogP contribution is 2.15. The first-order valence-electron chi connectivity index (χ1n) is 4.27. The summed E-state index contributed by atoms with van der Waals surface area (Å²) in [6.45, 7) is 3.34. The lowest BCUT2D eigenvalue weighted by Gasteiger charge is -2.11. The van der Waals surface area contributed by atoms with Crippen LogP contribution in [0.1, 0.15) is 19.5 Å². The van der Waals surface area contributed by atoms with Gasteiger partial charge in [-0.05, 0) is 13.8 Å². The second-order valence-corrected chi connectivity index (χ2v) is 3.53. The molecule has 0 atom stereocenters. The number of aliphatic hydroxyl groups is 1. The minimum atomic E-state index is -1.03. The Morgan fingerprint density at radius 2 is 2.36 bits per heavy atom. The molecule has 0 saturated heterocycles. The van der Waals surface area contributed by atoms with E-state index >= 15 is 0 Å². The number of hydrogen-bond acceptors (Lipinski definition) is 4. The number of nitrogens with one attached hydrogen (secondary N) is 1. The number of nitrogens with zero attached hydrogens (tertiary/aromatic N) is 3. The normalized spacial score (nSPS) is 11.4. The second-order valence-electron chi connectivity index (χ2n) is 3.53. The van der Waals surface area contributed by atoms with E-state index in [2.05, 4.69) is 15.6 Å². The number of carbonyl (C=O) groups is 1. The van der Waals surface area contributed by atoms with Crippen molar-refractivity contribution >= 4 is 5.91 Å². The van der Waals surface area contributed by atoms with Gasteiger partial charge in [0.1, 0.15) is 17.8 Å². The molecule has 1 amide bonds. The maximum atomic E-state index is 11.0. The Hall–Kier alpha value is -1.43. The summed E-state index contributed by atoms with van der Waals surface area (Å²) in [5, 5.41) is 19.5. The molecule has 1 rings (SSSR count). The van der Waals surface area contributed by atoms with Crippen LogP contribution in [-0.4, -0.2) is 33.1 Å². The van der Waals surface area contributed by atoms with Crippen LogP contribution in [0.25, 0.3) is 0 Å². The number of hydrogen-bond donors (Lipinski definition) is 2. The number of aromatic nitrogens is 3. The predicted octanol–water partition coefficient (Wildman–Crippen LogP) is -0.749. The smallest absolute Gasteiger partial charge is 0.241 e. The lowest BCUT2D eigenvalue weighted by atomic mass is 10.1. The first kappa shape index (κ1) is 10.6. The van der Waals surface area contributed by atoms with Gasteiger partial charge in [0.25, 0.3) is 0 Å². The molecule has 0 aliphatic carbocycles. The van der Waals surface area contributed by atoms with Crippen LogP contribution >= 0.6 is 0 Å². The van der Waals surface area contributed by atoms with E-state index in [0.29, 0.717) is 5.69 Å². The fourth-order valence-corrected chi connectivity index (χ4v) is 0.882. The van der Waals surface area contributed by atoms with Gasteiger partial charge in [-0.3, -0.25) is 4.79 Å². The highest BCUT2D eigenvalue weighted by Gasteiger charge is 2.20. The van der Waals surface area contributed by atoms with Crippen LogP contribution in [0, 0.1) is 0 Å². The molecule has 1 aromatic heterocycles. The molecule has 6 heteroatoms. The number of likely N-dealkylation sites (N-methyl/N-ethyl adjacent to an activating group) is 1. The highest BCUT2D eigenvalue weighted by atomic mass is 16.3. The van der Waals surface area contributed by atoms with E-state index in [1.165, 1.54) is 4.68 Å². The molecule has 2 N–H and O–H groups in total. The maximum Gasteiger partial charge on any atom is 0.241 e. The third-order valence-electron chi connectivity index (χ3n) is 1.75. The molecule has 0 bridgehead atoms. The first-order chi connectivity index (χ1) is 6.43. The minimum Gasteiger partial charge on any atom is -0.384 e. The Bertz CT molecular complexity index is 326. The Morgan fingerprint density at radius 3 is 2.79 bits per heavy atom. The van der Waals surface area contributed by atoms with Gasteiger partial charge in [0.15, 0.2) is 0 Å². The molecule has 0 spiro atoms. The molecule has 78 valence electrons. The Morgan fingerprint density at radius 1 is 1.71 bits per heavy atom. The summed E-state index contributed by atoms with van der Waals surface area (Å²) in [6.07, 6.45) is 1.55. The van der Waals surface area contributed by atoms with E-state index in [1.807, 2.05) is 0 Å². The monoisotopic (exact) mass is 198 g/mol. The van der Waals surface area contributed by atoms with Crippen molar-refractivity contribution in [3.8, 4) is 0 Å². The molecule has 1 aromatic rings. The van der Waals surface area contributed by atoms with E-state index < -0.39 is 5.60 Å². The zero-order valence-electron chi connectivity index (χ0n) is 8.48. The molecule has 0 saturated carbocycles. The van der Waals surface area contributed by atoms with Crippen molar-refractivity contribution < 1.29 is 9.90 Å². The fraction of sp³-hybridized carbons (Fsp3) is 0.625. The summed E-state index contributed by atoms with van der Waals surface area (Å²) >= 11 is 0. The molecule has 0 aliphatic rings. The van der Waals surface area contributed by atoms with Crippen LogP contribution in [0.2, 0.25) is 0 Å². The van der Waals surface area contributed by atoms with E-state index in [-0.39, 0.29) is 12.5 Å². The lowest BCUT2D eigenvalue weighted by Crippen LogP contribution is -2.23. The third kappa shape index (κ3) is 2.53. The van der Waals surface area contributed by atoms with Gasteiger partial charge in [0, 0.05) is 7.05 Å². The summed E-state index contributed by atoms with van der Waals surface area (Å²) in [5.41, 5.74) is -0.581. The van der Waals surface area contributed by atoms with Gasteiger partial charge in [-0.1, -0.05) is 5.21 Å². The van der Waals surface area contributed by atoms with Crippen molar-refractivity contribution in [3.63, 3.8) is 0 Å². The molecule has 0 aliphatic heterocycles. The molecular weight excluding hydrogens is 184 g/mol. The molecule has 0 radical (unpaired) electrons. The SMILES string of the molecule is CNC(=O)Cn1cc(C(C)(C)O)nn1. The second kappa shape index (κ2) is 3.75. The summed E-state index contributed by atoms with van der Waals surface area (Å²) in [4.78, 5) is 11.0. The zero-order chi connectivity index (χ0) is 10.8. The van der Waals surface area contributed by atoms with Crippen molar-refractivity contribution in [2.45, 2.75) is 26.0 Å². The summed E-state index contributed by atoms with van der Waals surface area (Å²) < 4.78 is 1.38. The molecule has 0 aromatic carbocycles. The highest BCUT2D eigenvalue weighted by molar-refractivity contribution is 5.75. The standard InChI is InChI=1S/C8H14N4O2/c1-8(2,14)6-4-12(11-10-6)5-7(13)9-3/h4,14H,5H2,1-3H3,(H,9,13). The first-order valence-corrected chi connectivity index (χ1v) is 4.27. The van der Waals surface area contributed by atoms with Crippen LogP contribution in [0.15, 0.2) is 6.20 Å². The van der Waals surface area contributed by atoms with Gasteiger partial charge in [-0.15, -0.1) is 5.10 Å². The zero-order valence-corrected chi connectivity index (χ0v) is 8.48. The fourth-order valence-electron chi connectivity index (χ4n) is 0.882. The Kier molecular flexibility index (Phi) is 2.85. The Balaban J connectivity index is 2.74. The van der Waals surface area contributed by atoms with Crippen molar-refractivity contribution in [1.82, 2.24) is 20.3 Å². The van der Waals surface area contributed by atoms with Crippen LogP contribution in [0.5, 0.6) is 0 Å². The van der Waals surface area contributed by atoms with Gasteiger partial charge in [0.05, 0.1) is 6.20 Å². The van der Waals surface area contributed by atoms with Gasteiger partial charge in [-0.25, -0.2) is 4.68 Å². The topological polar surface area (TPSA) is 80.0 Å². The van der Waals surface area contributed by atoms with Crippen molar-refractivity contribution in [3.05, 3.63) is 11.9 Å². The van der Waals surface area contributed by atoms with Crippen molar-refractivity contribution in [2.24, 2.45) is 0 Å². The Labute approximate surface area is 81.9 Å². The number of carbonyl (C=O) groups excluding carboxylic acids is 1. The molecule has 1 heterocycles. The van der Waals surface area contributed by atoms with Crippen LogP contribution in [0.4, 0.5) is 0 Å². The van der Waals surface area contributed by atoms with Gasteiger partial charge >= 0.3 is 0 Å². The molecular formula is C8H14N4O2. The van der Waals surface area contributed by atoms with Gasteiger partial charge < -0.3 is 10.4 Å². The van der Waals surface area contributed by atoms with Crippen molar-refractivity contribution in [1.29, 1.82) is 0 Å². The minimum absolute atomic E-state index is 0.111. The van der Waals surface area contributed by atoms with Crippen molar-refractivity contribution in [2.75, 3.05) is 7.05 Å². The molecule has 14 heavy (non-hydrogen) atoms. The van der Waals surface area contributed by atoms with E-state index in [9.17, 15) is 9.90 Å². The third-order valence-corrected chi connectivity index (χ3v) is 1.75. The summed E-state index contributed by atoms with van der Waals surface area (Å²) in [6, 6.07) is 0. The molecule has 0 fully saturated rings.